The van der Waals surface area contributed by atoms with Gasteiger partial charge in [0.25, 0.3) is 0 Å². The highest BCUT2D eigenvalue weighted by molar-refractivity contribution is 5.70. The van der Waals surface area contributed by atoms with Crippen molar-refractivity contribution in [3.05, 3.63) is 0 Å². The second-order valence-electron chi connectivity index (χ2n) is 3.55. The van der Waals surface area contributed by atoms with Gasteiger partial charge in [-0.25, -0.2) is 4.79 Å². The molecule has 3 heteroatoms. The van der Waals surface area contributed by atoms with E-state index < -0.39 is 0 Å². The fourth-order valence-corrected chi connectivity index (χ4v) is 1.21. The SMILES string of the molecule is CCCCCCC(C)OCC(=O)OC. The molecule has 0 aromatic heterocycles. The van der Waals surface area contributed by atoms with E-state index in [2.05, 4.69) is 11.7 Å². The van der Waals surface area contributed by atoms with Crippen molar-refractivity contribution in [1.29, 1.82) is 0 Å². The molecule has 0 aromatic carbocycles. The molecule has 0 fully saturated rings. The lowest BCUT2D eigenvalue weighted by Gasteiger charge is -2.11. The molecule has 0 amide bonds. The predicted molar refractivity (Wildman–Crippen MR) is 56.2 cm³/mol. The third kappa shape index (κ3) is 8.05. The first-order chi connectivity index (χ1) is 6.70. The molecule has 0 spiro atoms. The van der Waals surface area contributed by atoms with Crippen molar-refractivity contribution in [2.75, 3.05) is 13.7 Å². The van der Waals surface area contributed by atoms with E-state index in [9.17, 15) is 4.79 Å². The molecule has 0 bridgehead atoms. The van der Waals surface area contributed by atoms with Crippen LogP contribution in [0.2, 0.25) is 0 Å². The zero-order chi connectivity index (χ0) is 10.8. The Hall–Kier alpha value is -0.570. The summed E-state index contributed by atoms with van der Waals surface area (Å²) in [6, 6.07) is 0. The molecule has 0 aliphatic rings. The highest BCUT2D eigenvalue weighted by atomic mass is 16.6. The normalized spacial score (nSPS) is 12.5. The van der Waals surface area contributed by atoms with E-state index in [0.717, 1.165) is 6.42 Å². The predicted octanol–water partition coefficient (Wildman–Crippen LogP) is 2.53. The minimum atomic E-state index is -0.301. The van der Waals surface area contributed by atoms with Gasteiger partial charge in [-0.3, -0.25) is 0 Å². The highest BCUT2D eigenvalue weighted by Gasteiger charge is 2.05. The molecule has 1 atom stereocenters. The molecule has 0 heterocycles. The van der Waals surface area contributed by atoms with Crippen molar-refractivity contribution >= 4 is 5.97 Å². The lowest BCUT2D eigenvalue weighted by molar-refractivity contribution is -0.147. The molecule has 0 rings (SSSR count). The van der Waals surface area contributed by atoms with Gasteiger partial charge < -0.3 is 9.47 Å². The Morgan fingerprint density at radius 3 is 2.57 bits per heavy atom. The Labute approximate surface area is 86.8 Å². The van der Waals surface area contributed by atoms with Gasteiger partial charge in [0.2, 0.25) is 0 Å². The lowest BCUT2D eigenvalue weighted by Crippen LogP contribution is -2.16. The number of carbonyl (C=O) groups excluding carboxylic acids is 1. The number of ether oxygens (including phenoxy) is 2. The Morgan fingerprint density at radius 2 is 2.00 bits per heavy atom. The van der Waals surface area contributed by atoms with E-state index in [4.69, 9.17) is 4.74 Å². The van der Waals surface area contributed by atoms with Gasteiger partial charge in [-0.1, -0.05) is 32.6 Å². The summed E-state index contributed by atoms with van der Waals surface area (Å²) in [7, 11) is 1.37. The van der Waals surface area contributed by atoms with E-state index >= 15 is 0 Å². The van der Waals surface area contributed by atoms with Crippen LogP contribution >= 0.6 is 0 Å². The summed E-state index contributed by atoms with van der Waals surface area (Å²) in [5.74, 6) is -0.301. The Bertz CT molecular complexity index is 145. The van der Waals surface area contributed by atoms with Crippen molar-refractivity contribution in [3.63, 3.8) is 0 Å². The number of rotatable bonds is 8. The van der Waals surface area contributed by atoms with Gasteiger partial charge in [-0.2, -0.15) is 0 Å². The van der Waals surface area contributed by atoms with Crippen LogP contribution in [0.1, 0.15) is 46.0 Å². The van der Waals surface area contributed by atoms with Crippen LogP contribution in [0.5, 0.6) is 0 Å². The summed E-state index contributed by atoms with van der Waals surface area (Å²) in [6.07, 6.45) is 6.14. The van der Waals surface area contributed by atoms with Crippen molar-refractivity contribution in [1.82, 2.24) is 0 Å². The fraction of sp³-hybridized carbons (Fsp3) is 0.909. The Kier molecular flexibility index (Phi) is 8.64. The average Bonchev–Trinajstić information content (AvgIpc) is 2.21. The maximum absolute atomic E-state index is 10.7. The standard InChI is InChI=1S/C11H22O3/c1-4-5-6-7-8-10(2)14-9-11(12)13-3/h10H,4-9H2,1-3H3. The summed E-state index contributed by atoms with van der Waals surface area (Å²) in [5, 5.41) is 0. The van der Waals surface area contributed by atoms with E-state index in [1.807, 2.05) is 6.92 Å². The lowest BCUT2D eigenvalue weighted by atomic mass is 10.1. The number of carbonyl (C=O) groups is 1. The van der Waals surface area contributed by atoms with Crippen LogP contribution < -0.4 is 0 Å². The number of unbranched alkanes of at least 4 members (excludes halogenated alkanes) is 3. The van der Waals surface area contributed by atoms with Gasteiger partial charge in [-0.15, -0.1) is 0 Å². The number of esters is 1. The van der Waals surface area contributed by atoms with Gasteiger partial charge in [0.05, 0.1) is 13.2 Å². The van der Waals surface area contributed by atoms with Gasteiger partial charge in [-0.05, 0) is 13.3 Å². The molecule has 0 aliphatic heterocycles. The second kappa shape index (κ2) is 9.00. The number of hydrogen-bond acceptors (Lipinski definition) is 3. The van der Waals surface area contributed by atoms with E-state index in [0.29, 0.717) is 0 Å². The second-order valence-corrected chi connectivity index (χ2v) is 3.55. The van der Waals surface area contributed by atoms with Crippen LogP contribution in [-0.2, 0) is 14.3 Å². The molecular weight excluding hydrogens is 180 g/mol. The maximum Gasteiger partial charge on any atom is 0.331 e. The van der Waals surface area contributed by atoms with Gasteiger partial charge >= 0.3 is 5.97 Å². The van der Waals surface area contributed by atoms with Crippen molar-refractivity contribution < 1.29 is 14.3 Å². The molecule has 1 unspecified atom stereocenters. The first-order valence-corrected chi connectivity index (χ1v) is 5.39. The zero-order valence-electron chi connectivity index (χ0n) is 9.54. The largest absolute Gasteiger partial charge is 0.467 e. The first kappa shape index (κ1) is 13.4. The summed E-state index contributed by atoms with van der Waals surface area (Å²) >= 11 is 0. The fourth-order valence-electron chi connectivity index (χ4n) is 1.21. The molecule has 0 saturated heterocycles. The van der Waals surface area contributed by atoms with Crippen molar-refractivity contribution in [3.8, 4) is 0 Å². The molecule has 0 radical (unpaired) electrons. The minimum Gasteiger partial charge on any atom is -0.467 e. The summed E-state index contributed by atoms with van der Waals surface area (Å²) in [5.41, 5.74) is 0. The van der Waals surface area contributed by atoms with E-state index in [1.54, 1.807) is 0 Å². The molecule has 3 nitrogen and oxygen atoms in total. The van der Waals surface area contributed by atoms with Crippen LogP contribution in [-0.4, -0.2) is 25.8 Å². The van der Waals surface area contributed by atoms with Crippen LogP contribution in [0.3, 0.4) is 0 Å². The highest BCUT2D eigenvalue weighted by Crippen LogP contribution is 2.07. The van der Waals surface area contributed by atoms with Gasteiger partial charge in [0, 0.05) is 0 Å². The van der Waals surface area contributed by atoms with Crippen LogP contribution in [0.4, 0.5) is 0 Å². The Balaban J connectivity index is 3.27. The van der Waals surface area contributed by atoms with E-state index in [-0.39, 0.29) is 18.7 Å². The third-order valence-corrected chi connectivity index (χ3v) is 2.18. The van der Waals surface area contributed by atoms with E-state index in [1.165, 1.54) is 32.8 Å². The average molecular weight is 202 g/mol. The quantitative estimate of drug-likeness (QED) is 0.448. The van der Waals surface area contributed by atoms with Gasteiger partial charge in [0.1, 0.15) is 6.61 Å². The Morgan fingerprint density at radius 1 is 1.29 bits per heavy atom. The maximum atomic E-state index is 10.7. The van der Waals surface area contributed by atoms with Crippen LogP contribution in [0.25, 0.3) is 0 Å². The molecule has 0 N–H and O–H groups in total. The monoisotopic (exact) mass is 202 g/mol. The van der Waals surface area contributed by atoms with Crippen molar-refractivity contribution in [2.24, 2.45) is 0 Å². The van der Waals surface area contributed by atoms with Crippen LogP contribution in [0, 0.1) is 0 Å². The zero-order valence-corrected chi connectivity index (χ0v) is 9.54. The number of methoxy groups -OCH3 is 1. The molecule has 0 saturated carbocycles. The number of hydrogen-bond donors (Lipinski definition) is 0. The molecule has 14 heavy (non-hydrogen) atoms. The smallest absolute Gasteiger partial charge is 0.331 e. The van der Waals surface area contributed by atoms with Crippen molar-refractivity contribution in [2.45, 2.75) is 52.1 Å². The minimum absolute atomic E-state index is 0.0748. The third-order valence-electron chi connectivity index (χ3n) is 2.18. The topological polar surface area (TPSA) is 35.5 Å². The molecule has 84 valence electrons. The van der Waals surface area contributed by atoms with Crippen LogP contribution in [0.15, 0.2) is 0 Å². The molecule has 0 aromatic rings. The first-order valence-electron chi connectivity index (χ1n) is 5.39. The molecular formula is C11H22O3. The van der Waals surface area contributed by atoms with Gasteiger partial charge in [0.15, 0.2) is 0 Å². The summed E-state index contributed by atoms with van der Waals surface area (Å²) in [6.45, 7) is 4.26. The summed E-state index contributed by atoms with van der Waals surface area (Å²) < 4.78 is 9.78. The molecule has 0 aliphatic carbocycles. The summed E-state index contributed by atoms with van der Waals surface area (Å²) in [4.78, 5) is 10.7.